The summed E-state index contributed by atoms with van der Waals surface area (Å²) >= 11 is 0. The van der Waals surface area contributed by atoms with Crippen molar-refractivity contribution in [3.8, 4) is 62.1 Å². The zero-order valence-electron chi connectivity index (χ0n) is 30.2. The number of nitrogens with zero attached hydrogens (tertiary/aromatic N) is 4. The maximum absolute atomic E-state index is 7.24. The molecule has 0 spiro atoms. The van der Waals surface area contributed by atoms with Gasteiger partial charge in [-0.15, -0.1) is 0 Å². The van der Waals surface area contributed by atoms with Gasteiger partial charge in [0.05, 0.1) is 16.7 Å². The zero-order chi connectivity index (χ0) is 37.0. The average molecular weight is 717 g/mol. The van der Waals surface area contributed by atoms with Gasteiger partial charge >= 0.3 is 0 Å². The summed E-state index contributed by atoms with van der Waals surface area (Å²) in [6.07, 6.45) is 0. The Balaban J connectivity index is 1.22. The molecule has 5 nitrogen and oxygen atoms in total. The molecule has 5 heteroatoms. The smallest absolute Gasteiger partial charge is 0.164 e. The fraction of sp³-hybridized carbons (Fsp3) is 0. The van der Waals surface area contributed by atoms with Crippen molar-refractivity contribution in [2.45, 2.75) is 0 Å². The molecule has 8 aromatic carbocycles. The van der Waals surface area contributed by atoms with E-state index in [1.165, 1.54) is 10.8 Å². The van der Waals surface area contributed by atoms with Crippen LogP contribution in [0.1, 0.15) is 0 Å². The van der Waals surface area contributed by atoms with Crippen LogP contribution < -0.4 is 0 Å². The van der Waals surface area contributed by atoms with Gasteiger partial charge in [0.2, 0.25) is 0 Å². The second-order valence-corrected chi connectivity index (χ2v) is 14.0. The first-order valence-corrected chi connectivity index (χ1v) is 18.8. The number of hydrogen-bond acceptors (Lipinski definition) is 4. The molecule has 0 aliphatic carbocycles. The molecule has 0 fully saturated rings. The van der Waals surface area contributed by atoms with E-state index in [1.807, 2.05) is 66.7 Å². The number of aromatic nitrogens is 4. The molecule has 0 radical (unpaired) electrons. The molecule has 262 valence electrons. The zero-order valence-corrected chi connectivity index (χ0v) is 30.2. The molecule has 0 atom stereocenters. The van der Waals surface area contributed by atoms with Crippen LogP contribution >= 0.6 is 0 Å². The highest BCUT2D eigenvalue weighted by Crippen LogP contribution is 2.45. The maximum Gasteiger partial charge on any atom is 0.164 e. The van der Waals surface area contributed by atoms with Crippen LogP contribution in [0.25, 0.3) is 106 Å². The van der Waals surface area contributed by atoms with E-state index in [2.05, 4.69) is 132 Å². The van der Waals surface area contributed by atoms with Crippen LogP contribution in [0.3, 0.4) is 0 Å². The third-order valence-electron chi connectivity index (χ3n) is 10.7. The number of fused-ring (bicyclic) bond motifs is 6. The van der Waals surface area contributed by atoms with Crippen LogP contribution in [0, 0.1) is 0 Å². The SMILES string of the molecule is c1ccc(-c2cccc(-c3c(-c4nc(-c5ccccc5)nc(-c5ccccc5)n4)ccc4c3oc3c(-n5c6ccccc6c6ccccc65)cccc34)c2)cc1. The summed E-state index contributed by atoms with van der Waals surface area (Å²) in [5.74, 6) is 1.79. The third-order valence-corrected chi connectivity index (χ3v) is 10.7. The number of rotatable bonds is 6. The standard InChI is InChI=1S/C51H32N4O/c1-4-16-33(17-5-1)36-22-14-23-37(32-36)46-42(51-53-49(34-18-6-2-7-19-34)52-50(54-51)35-20-8-3-9-21-35)31-30-41-40-26-15-29-45(47(40)56-48(41)46)55-43-27-12-10-24-38(43)39-25-11-13-28-44(39)55/h1-32H. The van der Waals surface area contributed by atoms with Gasteiger partial charge in [0.1, 0.15) is 5.58 Å². The number of para-hydroxylation sites is 3. The topological polar surface area (TPSA) is 56.7 Å². The van der Waals surface area contributed by atoms with Crippen LogP contribution in [0.4, 0.5) is 0 Å². The van der Waals surface area contributed by atoms with Gasteiger partial charge in [0.25, 0.3) is 0 Å². The van der Waals surface area contributed by atoms with Crippen LogP contribution in [0.5, 0.6) is 0 Å². The van der Waals surface area contributed by atoms with Crippen LogP contribution in [-0.2, 0) is 0 Å². The minimum atomic E-state index is 0.572. The summed E-state index contributed by atoms with van der Waals surface area (Å²) in [5.41, 5.74) is 11.7. The van der Waals surface area contributed by atoms with Crippen molar-refractivity contribution in [1.82, 2.24) is 19.5 Å². The summed E-state index contributed by atoms with van der Waals surface area (Å²) in [6.45, 7) is 0. The third kappa shape index (κ3) is 5.21. The minimum absolute atomic E-state index is 0.572. The molecule has 0 bridgehead atoms. The highest BCUT2D eigenvalue weighted by molar-refractivity contribution is 6.16. The summed E-state index contributed by atoms with van der Waals surface area (Å²) < 4.78 is 9.57. The van der Waals surface area contributed by atoms with E-state index in [-0.39, 0.29) is 0 Å². The van der Waals surface area contributed by atoms with E-state index < -0.39 is 0 Å². The van der Waals surface area contributed by atoms with Crippen molar-refractivity contribution in [1.29, 1.82) is 0 Å². The minimum Gasteiger partial charge on any atom is -0.453 e. The van der Waals surface area contributed by atoms with E-state index in [0.29, 0.717) is 17.5 Å². The summed E-state index contributed by atoms with van der Waals surface area (Å²) in [7, 11) is 0. The first-order valence-electron chi connectivity index (χ1n) is 18.8. The van der Waals surface area contributed by atoms with E-state index in [1.54, 1.807) is 0 Å². The van der Waals surface area contributed by atoms with Gasteiger partial charge in [0.15, 0.2) is 23.1 Å². The number of furan rings is 1. The molecular weight excluding hydrogens is 685 g/mol. The second kappa shape index (κ2) is 13.0. The van der Waals surface area contributed by atoms with Gasteiger partial charge in [-0.05, 0) is 53.1 Å². The Morgan fingerprint density at radius 2 is 0.821 bits per heavy atom. The van der Waals surface area contributed by atoms with Crippen LogP contribution in [0.15, 0.2) is 199 Å². The Morgan fingerprint density at radius 1 is 0.339 bits per heavy atom. The number of hydrogen-bond donors (Lipinski definition) is 0. The van der Waals surface area contributed by atoms with Gasteiger partial charge < -0.3 is 8.98 Å². The highest BCUT2D eigenvalue weighted by Gasteiger charge is 2.24. The predicted octanol–water partition coefficient (Wildman–Crippen LogP) is 13.2. The van der Waals surface area contributed by atoms with E-state index >= 15 is 0 Å². The van der Waals surface area contributed by atoms with Gasteiger partial charge in [-0.25, -0.2) is 15.0 Å². The monoisotopic (exact) mass is 716 g/mol. The molecule has 0 N–H and O–H groups in total. The normalized spacial score (nSPS) is 11.6. The van der Waals surface area contributed by atoms with Crippen molar-refractivity contribution < 1.29 is 4.42 Å². The second-order valence-electron chi connectivity index (χ2n) is 14.0. The molecule has 11 aromatic rings. The molecule has 0 aliphatic heterocycles. The molecule has 3 aromatic heterocycles. The van der Waals surface area contributed by atoms with Gasteiger partial charge in [-0.2, -0.15) is 0 Å². The van der Waals surface area contributed by atoms with Crippen molar-refractivity contribution in [3.63, 3.8) is 0 Å². The lowest BCUT2D eigenvalue weighted by Crippen LogP contribution is -2.01. The fourth-order valence-corrected chi connectivity index (χ4v) is 8.09. The Hall–Kier alpha value is -7.63. The van der Waals surface area contributed by atoms with E-state index in [9.17, 15) is 0 Å². The summed E-state index contributed by atoms with van der Waals surface area (Å²) in [5, 5.41) is 4.47. The Morgan fingerprint density at radius 3 is 1.46 bits per heavy atom. The lowest BCUT2D eigenvalue weighted by Gasteiger charge is -2.13. The molecule has 0 unspecified atom stereocenters. The molecular formula is C51H32N4O. The van der Waals surface area contributed by atoms with Crippen molar-refractivity contribution >= 4 is 43.7 Å². The van der Waals surface area contributed by atoms with Gasteiger partial charge in [-0.3, -0.25) is 0 Å². The Bertz CT molecular complexity index is 3130. The molecule has 0 aliphatic rings. The first-order chi connectivity index (χ1) is 27.8. The fourth-order valence-electron chi connectivity index (χ4n) is 8.09. The first kappa shape index (κ1) is 31.9. The molecule has 11 rings (SSSR count). The molecule has 0 saturated heterocycles. The molecule has 0 saturated carbocycles. The van der Waals surface area contributed by atoms with Gasteiger partial charge in [-0.1, -0.05) is 158 Å². The average Bonchev–Trinajstić information content (AvgIpc) is 3.83. The summed E-state index contributed by atoms with van der Waals surface area (Å²) in [6, 6.07) is 67.3. The molecule has 56 heavy (non-hydrogen) atoms. The number of benzene rings is 8. The van der Waals surface area contributed by atoms with Crippen LogP contribution in [-0.4, -0.2) is 19.5 Å². The largest absolute Gasteiger partial charge is 0.453 e. The van der Waals surface area contributed by atoms with E-state index in [4.69, 9.17) is 19.4 Å². The maximum atomic E-state index is 7.24. The van der Waals surface area contributed by atoms with Gasteiger partial charge in [0, 0.05) is 43.8 Å². The van der Waals surface area contributed by atoms with Crippen molar-refractivity contribution in [3.05, 3.63) is 194 Å². The Kier molecular flexibility index (Phi) is 7.42. The lowest BCUT2D eigenvalue weighted by atomic mass is 9.93. The van der Waals surface area contributed by atoms with Crippen LogP contribution in [0.2, 0.25) is 0 Å². The van der Waals surface area contributed by atoms with Crippen molar-refractivity contribution in [2.24, 2.45) is 0 Å². The lowest BCUT2D eigenvalue weighted by molar-refractivity contribution is 0.667. The molecule has 3 heterocycles. The van der Waals surface area contributed by atoms with Crippen molar-refractivity contribution in [2.75, 3.05) is 0 Å². The Labute approximate surface area is 322 Å². The predicted molar refractivity (Wildman–Crippen MR) is 229 cm³/mol. The molecule has 0 amide bonds. The summed E-state index contributed by atoms with van der Waals surface area (Å²) in [4.78, 5) is 15.4. The van der Waals surface area contributed by atoms with E-state index in [0.717, 1.165) is 77.6 Å². The quantitative estimate of drug-likeness (QED) is 0.172. The highest BCUT2D eigenvalue weighted by atomic mass is 16.3.